The van der Waals surface area contributed by atoms with Crippen LogP contribution in [0.2, 0.25) is 0 Å². The highest BCUT2D eigenvalue weighted by Crippen LogP contribution is 2.43. The molecule has 1 rings (SSSR count). The minimum atomic E-state index is 0.769. The summed E-state index contributed by atoms with van der Waals surface area (Å²) in [5.41, 5.74) is 11.3. The quantitative estimate of drug-likeness (QED) is 0.0760. The molecule has 230 valence electrons. The molecule has 4 unspecified atom stereocenters. The van der Waals surface area contributed by atoms with Crippen LogP contribution in [0, 0.1) is 23.7 Å². The van der Waals surface area contributed by atoms with Crippen LogP contribution >= 0.6 is 0 Å². The molecule has 0 aromatic heterocycles. The number of hydrogen-bond donors (Lipinski definition) is 2. The second-order valence-electron chi connectivity index (χ2n) is 12.8. The Morgan fingerprint density at radius 3 is 1.49 bits per heavy atom. The first kappa shape index (κ1) is 36.4. The van der Waals surface area contributed by atoms with E-state index in [4.69, 9.17) is 11.5 Å². The Balaban J connectivity index is 2.69. The van der Waals surface area contributed by atoms with E-state index in [0.717, 1.165) is 36.8 Å². The van der Waals surface area contributed by atoms with Crippen LogP contribution in [-0.4, -0.2) is 13.1 Å². The summed E-state index contributed by atoms with van der Waals surface area (Å²) in [6.45, 7) is 6.38. The van der Waals surface area contributed by atoms with Crippen LogP contribution in [0.25, 0.3) is 0 Å². The van der Waals surface area contributed by atoms with E-state index in [9.17, 15) is 0 Å². The lowest BCUT2D eigenvalue weighted by molar-refractivity contribution is 0.196. The lowest BCUT2D eigenvalue weighted by atomic mass is 9.66. The van der Waals surface area contributed by atoms with Crippen molar-refractivity contribution < 1.29 is 0 Å². The summed E-state index contributed by atoms with van der Waals surface area (Å²) in [6, 6.07) is 0. The monoisotopic (exact) mass is 545 g/mol. The minimum absolute atomic E-state index is 0.769. The van der Waals surface area contributed by atoms with Crippen molar-refractivity contribution in [3.63, 3.8) is 0 Å². The van der Waals surface area contributed by atoms with Crippen molar-refractivity contribution in [2.75, 3.05) is 13.1 Å². The van der Waals surface area contributed by atoms with Crippen molar-refractivity contribution in [1.29, 1.82) is 0 Å². The van der Waals surface area contributed by atoms with Crippen molar-refractivity contribution in [1.82, 2.24) is 0 Å². The van der Waals surface area contributed by atoms with E-state index < -0.39 is 0 Å². The molecule has 0 amide bonds. The molecular weight excluding hydrogens is 472 g/mol. The SMILES string of the molecule is CCCCCC=CC1C(CCCCC)C=CC(CCCCCCCCCCN)C1CCCCCCCCCN. The fourth-order valence-electron chi connectivity index (χ4n) is 6.84. The predicted octanol–water partition coefficient (Wildman–Crippen LogP) is 11.3. The first-order chi connectivity index (χ1) is 19.3. The molecular formula is C37H72N2. The molecule has 4 atom stereocenters. The van der Waals surface area contributed by atoms with Crippen molar-refractivity contribution in [2.24, 2.45) is 35.1 Å². The fourth-order valence-corrected chi connectivity index (χ4v) is 6.84. The third-order valence-corrected chi connectivity index (χ3v) is 9.35. The van der Waals surface area contributed by atoms with Gasteiger partial charge in [-0.1, -0.05) is 154 Å². The summed E-state index contributed by atoms with van der Waals surface area (Å²) in [5.74, 6) is 3.19. The largest absolute Gasteiger partial charge is 0.330 e. The van der Waals surface area contributed by atoms with Crippen molar-refractivity contribution in [2.45, 2.75) is 174 Å². The van der Waals surface area contributed by atoms with E-state index in [1.807, 2.05) is 0 Å². The molecule has 0 heterocycles. The number of allylic oxidation sites excluding steroid dienone is 4. The molecule has 0 aromatic rings. The van der Waals surface area contributed by atoms with E-state index in [0.29, 0.717) is 0 Å². The van der Waals surface area contributed by atoms with Gasteiger partial charge in [0.05, 0.1) is 0 Å². The van der Waals surface area contributed by atoms with Gasteiger partial charge >= 0.3 is 0 Å². The summed E-state index contributed by atoms with van der Waals surface area (Å²) < 4.78 is 0. The molecule has 2 heteroatoms. The topological polar surface area (TPSA) is 52.0 Å². The first-order valence-corrected chi connectivity index (χ1v) is 18.0. The van der Waals surface area contributed by atoms with Crippen LogP contribution in [0.4, 0.5) is 0 Å². The fraction of sp³-hybridized carbons (Fsp3) is 0.892. The molecule has 0 spiro atoms. The summed E-state index contributed by atoms with van der Waals surface area (Å²) in [7, 11) is 0. The van der Waals surface area contributed by atoms with Gasteiger partial charge in [0.2, 0.25) is 0 Å². The summed E-state index contributed by atoms with van der Waals surface area (Å²) in [6.07, 6.45) is 44.9. The zero-order valence-corrected chi connectivity index (χ0v) is 26.9. The van der Waals surface area contributed by atoms with Gasteiger partial charge in [0.1, 0.15) is 0 Å². The van der Waals surface area contributed by atoms with Crippen LogP contribution in [-0.2, 0) is 0 Å². The molecule has 2 nitrogen and oxygen atoms in total. The molecule has 1 aliphatic rings. The molecule has 0 saturated carbocycles. The molecule has 4 N–H and O–H groups in total. The summed E-state index contributed by atoms with van der Waals surface area (Å²) in [4.78, 5) is 0. The van der Waals surface area contributed by atoms with Gasteiger partial charge in [-0.3, -0.25) is 0 Å². The van der Waals surface area contributed by atoms with Crippen LogP contribution in [0.3, 0.4) is 0 Å². The van der Waals surface area contributed by atoms with Crippen LogP contribution in [0.15, 0.2) is 24.3 Å². The molecule has 39 heavy (non-hydrogen) atoms. The zero-order valence-electron chi connectivity index (χ0n) is 26.9. The second kappa shape index (κ2) is 27.6. The summed E-state index contributed by atoms with van der Waals surface area (Å²) in [5, 5.41) is 0. The number of hydrogen-bond acceptors (Lipinski definition) is 2. The van der Waals surface area contributed by atoms with E-state index >= 15 is 0 Å². The Morgan fingerprint density at radius 2 is 0.923 bits per heavy atom. The van der Waals surface area contributed by atoms with Crippen LogP contribution < -0.4 is 11.5 Å². The Kier molecular flexibility index (Phi) is 25.7. The molecule has 0 aliphatic heterocycles. The van der Waals surface area contributed by atoms with Crippen LogP contribution in [0.5, 0.6) is 0 Å². The molecule has 0 fully saturated rings. The van der Waals surface area contributed by atoms with Gasteiger partial charge in [0.15, 0.2) is 0 Å². The Bertz CT molecular complexity index is 554. The average molecular weight is 545 g/mol. The van der Waals surface area contributed by atoms with Crippen molar-refractivity contribution >= 4 is 0 Å². The average Bonchev–Trinajstić information content (AvgIpc) is 2.95. The molecule has 0 saturated heterocycles. The van der Waals surface area contributed by atoms with E-state index in [1.165, 1.54) is 161 Å². The second-order valence-corrected chi connectivity index (χ2v) is 12.8. The highest BCUT2D eigenvalue weighted by atomic mass is 14.5. The van der Waals surface area contributed by atoms with Gasteiger partial charge in [0.25, 0.3) is 0 Å². The van der Waals surface area contributed by atoms with E-state index in [1.54, 1.807) is 0 Å². The minimum Gasteiger partial charge on any atom is -0.330 e. The third kappa shape index (κ3) is 19.2. The summed E-state index contributed by atoms with van der Waals surface area (Å²) >= 11 is 0. The van der Waals surface area contributed by atoms with Gasteiger partial charge in [-0.05, 0) is 81.7 Å². The lowest BCUT2D eigenvalue weighted by Gasteiger charge is -2.39. The van der Waals surface area contributed by atoms with Gasteiger partial charge < -0.3 is 11.5 Å². The Morgan fingerprint density at radius 1 is 0.487 bits per heavy atom. The molecule has 0 bridgehead atoms. The van der Waals surface area contributed by atoms with Gasteiger partial charge in [-0.15, -0.1) is 0 Å². The number of unbranched alkanes of at least 4 members (excludes halogenated alkanes) is 18. The van der Waals surface area contributed by atoms with E-state index in [2.05, 4.69) is 38.2 Å². The standard InChI is InChI=1S/C37H72N2/c1-3-5-7-15-22-28-36-34(26-20-6-4-2)30-31-35(27-21-16-11-8-9-13-18-24-32-38)37(36)29-23-17-12-10-14-19-25-33-39/h22,28,30-31,34-37H,3-21,23-27,29,32-33,38-39H2,1-2H3. The van der Waals surface area contributed by atoms with Crippen molar-refractivity contribution in [3.05, 3.63) is 24.3 Å². The molecule has 0 aromatic carbocycles. The first-order valence-electron chi connectivity index (χ1n) is 18.0. The van der Waals surface area contributed by atoms with Crippen molar-refractivity contribution in [3.8, 4) is 0 Å². The number of nitrogens with two attached hydrogens (primary N) is 2. The molecule has 0 radical (unpaired) electrons. The highest BCUT2D eigenvalue weighted by Gasteiger charge is 2.33. The Hall–Kier alpha value is -0.600. The maximum atomic E-state index is 5.67. The zero-order chi connectivity index (χ0) is 28.2. The maximum absolute atomic E-state index is 5.67. The normalized spacial score (nSPS) is 21.3. The predicted molar refractivity (Wildman–Crippen MR) is 177 cm³/mol. The Labute approximate surface area is 246 Å². The van der Waals surface area contributed by atoms with E-state index in [-0.39, 0.29) is 0 Å². The van der Waals surface area contributed by atoms with Crippen LogP contribution in [0.1, 0.15) is 174 Å². The smallest absolute Gasteiger partial charge is 0.00773 e. The lowest BCUT2D eigenvalue weighted by Crippen LogP contribution is -2.30. The molecule has 1 aliphatic carbocycles. The third-order valence-electron chi connectivity index (χ3n) is 9.35. The van der Waals surface area contributed by atoms with Gasteiger partial charge in [-0.2, -0.15) is 0 Å². The van der Waals surface area contributed by atoms with Gasteiger partial charge in [0, 0.05) is 0 Å². The highest BCUT2D eigenvalue weighted by molar-refractivity contribution is 5.10. The maximum Gasteiger partial charge on any atom is -0.00773 e. The van der Waals surface area contributed by atoms with Gasteiger partial charge in [-0.25, -0.2) is 0 Å². The number of rotatable bonds is 28.